The van der Waals surface area contributed by atoms with E-state index >= 15 is 0 Å². The minimum atomic E-state index is -0.196. The monoisotopic (exact) mass is 417 g/mol. The Morgan fingerprint density at radius 1 is 1.20 bits per heavy atom. The number of H-pyrrole nitrogens is 1. The molecule has 7 nitrogen and oxygen atoms in total. The molecule has 150 valence electrons. The Morgan fingerprint density at radius 2 is 2.10 bits per heavy atom. The molecule has 2 aromatic heterocycles. The van der Waals surface area contributed by atoms with Crippen LogP contribution in [0.3, 0.4) is 0 Å². The lowest BCUT2D eigenvalue weighted by atomic mass is 10.2. The number of methoxy groups -OCH3 is 1. The summed E-state index contributed by atoms with van der Waals surface area (Å²) in [4.78, 5) is 20.8. The van der Waals surface area contributed by atoms with Gasteiger partial charge >= 0.3 is 0 Å². The van der Waals surface area contributed by atoms with Gasteiger partial charge in [0.15, 0.2) is 5.65 Å². The minimum absolute atomic E-state index is 0.196. The van der Waals surface area contributed by atoms with Crippen LogP contribution < -0.4 is 10.1 Å². The van der Waals surface area contributed by atoms with Crippen LogP contribution in [-0.4, -0.2) is 33.2 Å². The van der Waals surface area contributed by atoms with Crippen LogP contribution in [0, 0.1) is 0 Å². The number of carbonyl (C=O) groups excluding carboxylic acids is 1. The van der Waals surface area contributed by atoms with E-state index in [0.29, 0.717) is 5.75 Å². The molecule has 0 unspecified atom stereocenters. The standard InChI is InChI=1S/C22H19N5O2S/c1-29-18-7-3-4-15(11-18)8-9-20(28)26-17-6-2-5-16(10-17)13-30-22-19-12-25-27-21(19)23-14-24-22/h2-12,14H,13H2,1H3,(H,26,28)(H,23,24,25,27)/b9-8+. The van der Waals surface area contributed by atoms with Crippen LogP contribution >= 0.6 is 11.8 Å². The van der Waals surface area contributed by atoms with Crippen LogP contribution in [0.15, 0.2) is 72.2 Å². The lowest BCUT2D eigenvalue weighted by molar-refractivity contribution is -0.111. The van der Waals surface area contributed by atoms with E-state index < -0.39 is 0 Å². The van der Waals surface area contributed by atoms with Crippen LogP contribution in [0.1, 0.15) is 11.1 Å². The lowest BCUT2D eigenvalue weighted by Crippen LogP contribution is -2.07. The molecule has 4 rings (SSSR count). The Bertz CT molecular complexity index is 1200. The Kier molecular flexibility index (Phi) is 6.05. The first kappa shape index (κ1) is 19.7. The van der Waals surface area contributed by atoms with E-state index in [4.69, 9.17) is 4.74 Å². The Hall–Kier alpha value is -3.65. The molecule has 0 saturated carbocycles. The summed E-state index contributed by atoms with van der Waals surface area (Å²) in [6, 6.07) is 15.3. The maximum Gasteiger partial charge on any atom is 0.248 e. The predicted molar refractivity (Wildman–Crippen MR) is 118 cm³/mol. The number of carbonyl (C=O) groups is 1. The molecule has 30 heavy (non-hydrogen) atoms. The van der Waals surface area contributed by atoms with Crippen LogP contribution in [0.25, 0.3) is 17.1 Å². The highest BCUT2D eigenvalue weighted by Gasteiger charge is 2.07. The fourth-order valence-corrected chi connectivity index (χ4v) is 3.76. The molecule has 0 aliphatic rings. The summed E-state index contributed by atoms with van der Waals surface area (Å²) in [5, 5.41) is 11.5. The zero-order chi connectivity index (χ0) is 20.8. The number of hydrogen-bond acceptors (Lipinski definition) is 6. The number of nitrogens with one attached hydrogen (secondary N) is 2. The maximum absolute atomic E-state index is 12.3. The van der Waals surface area contributed by atoms with Crippen molar-refractivity contribution in [2.45, 2.75) is 10.8 Å². The number of thioether (sulfide) groups is 1. The van der Waals surface area contributed by atoms with Crippen LogP contribution in [0.4, 0.5) is 5.69 Å². The zero-order valence-electron chi connectivity index (χ0n) is 16.2. The topological polar surface area (TPSA) is 92.8 Å². The summed E-state index contributed by atoms with van der Waals surface area (Å²) in [7, 11) is 1.61. The molecule has 0 bridgehead atoms. The quantitative estimate of drug-likeness (QED) is 0.264. The van der Waals surface area contributed by atoms with Crippen molar-refractivity contribution in [3.05, 3.63) is 78.3 Å². The molecule has 0 fully saturated rings. The van der Waals surface area contributed by atoms with E-state index in [9.17, 15) is 4.79 Å². The minimum Gasteiger partial charge on any atom is -0.497 e. The molecule has 2 aromatic carbocycles. The van der Waals surface area contributed by atoms with E-state index in [1.54, 1.807) is 31.1 Å². The number of anilines is 1. The second-order valence-corrected chi connectivity index (χ2v) is 7.36. The smallest absolute Gasteiger partial charge is 0.248 e. The first-order valence-corrected chi connectivity index (χ1v) is 10.2. The van der Waals surface area contributed by atoms with Gasteiger partial charge in [-0.3, -0.25) is 9.89 Å². The fraction of sp³-hybridized carbons (Fsp3) is 0.0909. The molecular weight excluding hydrogens is 398 g/mol. The van der Waals surface area contributed by atoms with E-state index in [1.807, 2.05) is 48.5 Å². The molecule has 0 aliphatic heterocycles. The number of aromatic amines is 1. The summed E-state index contributed by atoms with van der Waals surface area (Å²) in [6.07, 6.45) is 6.51. The first-order valence-electron chi connectivity index (χ1n) is 9.20. The van der Waals surface area contributed by atoms with Gasteiger partial charge in [0.1, 0.15) is 17.1 Å². The molecule has 8 heteroatoms. The Labute approximate surface area is 177 Å². The molecule has 0 spiro atoms. The van der Waals surface area contributed by atoms with Crippen molar-refractivity contribution in [1.82, 2.24) is 20.2 Å². The highest BCUT2D eigenvalue weighted by molar-refractivity contribution is 7.98. The van der Waals surface area contributed by atoms with Gasteiger partial charge in [0.05, 0.1) is 18.7 Å². The second-order valence-electron chi connectivity index (χ2n) is 6.40. The second kappa shape index (κ2) is 9.23. The van der Waals surface area contributed by atoms with Crippen molar-refractivity contribution in [3.8, 4) is 5.75 Å². The zero-order valence-corrected chi connectivity index (χ0v) is 17.0. The number of amides is 1. The van der Waals surface area contributed by atoms with Crippen molar-refractivity contribution in [2.75, 3.05) is 12.4 Å². The summed E-state index contributed by atoms with van der Waals surface area (Å²) in [5.74, 6) is 1.26. The third-order valence-electron chi connectivity index (χ3n) is 4.30. The van der Waals surface area contributed by atoms with E-state index in [1.165, 1.54) is 12.4 Å². The molecule has 0 atom stereocenters. The molecule has 0 aliphatic carbocycles. The highest BCUT2D eigenvalue weighted by Crippen LogP contribution is 2.27. The number of ether oxygens (including phenoxy) is 1. The molecule has 2 heterocycles. The number of nitrogens with zero attached hydrogens (tertiary/aromatic N) is 3. The van der Waals surface area contributed by atoms with Crippen molar-refractivity contribution < 1.29 is 9.53 Å². The number of hydrogen-bond donors (Lipinski definition) is 2. The number of rotatable bonds is 7. The summed E-state index contributed by atoms with van der Waals surface area (Å²) in [6.45, 7) is 0. The largest absolute Gasteiger partial charge is 0.497 e. The molecule has 1 amide bonds. The van der Waals surface area contributed by atoms with Crippen molar-refractivity contribution in [3.63, 3.8) is 0 Å². The summed E-state index contributed by atoms with van der Waals surface area (Å²) >= 11 is 1.60. The normalized spacial score (nSPS) is 11.1. The fourth-order valence-electron chi connectivity index (χ4n) is 2.85. The van der Waals surface area contributed by atoms with Crippen LogP contribution in [0.2, 0.25) is 0 Å². The average molecular weight is 417 g/mol. The lowest BCUT2D eigenvalue weighted by Gasteiger charge is -2.06. The van der Waals surface area contributed by atoms with Gasteiger partial charge in [-0.1, -0.05) is 24.3 Å². The van der Waals surface area contributed by atoms with Gasteiger partial charge in [0.2, 0.25) is 5.91 Å². The van der Waals surface area contributed by atoms with Gasteiger partial charge in [-0.25, -0.2) is 9.97 Å². The first-order chi connectivity index (χ1) is 14.7. The van der Waals surface area contributed by atoms with Crippen molar-refractivity contribution in [1.29, 1.82) is 0 Å². The highest BCUT2D eigenvalue weighted by atomic mass is 32.2. The maximum atomic E-state index is 12.3. The number of aromatic nitrogens is 4. The Morgan fingerprint density at radius 3 is 3.00 bits per heavy atom. The molecule has 0 radical (unpaired) electrons. The predicted octanol–water partition coefficient (Wildman–Crippen LogP) is 4.31. The third kappa shape index (κ3) is 4.84. The SMILES string of the molecule is COc1cccc(/C=C/C(=O)Nc2cccc(CSc3ncnc4[nH]ncc34)c2)c1. The third-order valence-corrected chi connectivity index (χ3v) is 5.38. The van der Waals surface area contributed by atoms with Crippen molar-refractivity contribution >= 4 is 40.5 Å². The van der Waals surface area contributed by atoms with Gasteiger partial charge in [0, 0.05) is 17.5 Å². The average Bonchev–Trinajstić information content (AvgIpc) is 3.26. The van der Waals surface area contributed by atoms with E-state index in [2.05, 4.69) is 25.5 Å². The van der Waals surface area contributed by atoms with Gasteiger partial charge < -0.3 is 10.1 Å². The van der Waals surface area contributed by atoms with Crippen LogP contribution in [0.5, 0.6) is 5.75 Å². The van der Waals surface area contributed by atoms with E-state index in [-0.39, 0.29) is 5.91 Å². The molecular formula is C22H19N5O2S. The summed E-state index contributed by atoms with van der Waals surface area (Å²) < 4.78 is 5.19. The Balaban J connectivity index is 1.38. The molecule has 4 aromatic rings. The van der Waals surface area contributed by atoms with Gasteiger partial charge in [-0.05, 0) is 41.5 Å². The van der Waals surface area contributed by atoms with Gasteiger partial charge in [0.25, 0.3) is 0 Å². The van der Waals surface area contributed by atoms with Crippen LogP contribution in [-0.2, 0) is 10.5 Å². The number of benzene rings is 2. The van der Waals surface area contributed by atoms with Crippen molar-refractivity contribution in [2.24, 2.45) is 0 Å². The summed E-state index contributed by atoms with van der Waals surface area (Å²) in [5.41, 5.74) is 3.43. The molecule has 0 saturated heterocycles. The van der Waals surface area contributed by atoms with Gasteiger partial charge in [-0.2, -0.15) is 5.10 Å². The van der Waals surface area contributed by atoms with E-state index in [0.717, 1.165) is 38.6 Å². The molecule has 2 N–H and O–H groups in total. The number of fused-ring (bicyclic) bond motifs is 1. The van der Waals surface area contributed by atoms with Gasteiger partial charge in [-0.15, -0.1) is 11.8 Å².